The lowest BCUT2D eigenvalue weighted by Gasteiger charge is -2.12. The molecule has 0 aromatic rings. The van der Waals surface area contributed by atoms with Crippen molar-refractivity contribution in [3.05, 3.63) is 36.5 Å². The van der Waals surface area contributed by atoms with Gasteiger partial charge in [-0.3, -0.25) is 0 Å². The van der Waals surface area contributed by atoms with Crippen LogP contribution in [0.25, 0.3) is 0 Å². The van der Waals surface area contributed by atoms with Gasteiger partial charge < -0.3 is 0 Å². The van der Waals surface area contributed by atoms with Crippen LogP contribution < -0.4 is 0 Å². The minimum Gasteiger partial charge on any atom is -0.103 e. The van der Waals surface area contributed by atoms with Crippen molar-refractivity contribution >= 4 is 0 Å². The van der Waals surface area contributed by atoms with Gasteiger partial charge in [0.1, 0.15) is 0 Å². The van der Waals surface area contributed by atoms with E-state index in [2.05, 4.69) is 53.0 Å². The van der Waals surface area contributed by atoms with Crippen molar-refractivity contribution in [1.82, 2.24) is 0 Å². The molecule has 0 amide bonds. The summed E-state index contributed by atoms with van der Waals surface area (Å²) in [7, 11) is 0. The molecule has 0 saturated carbocycles. The van der Waals surface area contributed by atoms with Crippen molar-refractivity contribution in [3.63, 3.8) is 0 Å². The summed E-state index contributed by atoms with van der Waals surface area (Å²) in [6.07, 6.45) is 10.5. The molecule has 0 fully saturated rings. The minimum absolute atomic E-state index is 0.596. The molecule has 0 rings (SSSR count). The Morgan fingerprint density at radius 1 is 1.18 bits per heavy atom. The lowest BCUT2D eigenvalue weighted by Crippen LogP contribution is -1.95. The molecule has 0 aromatic heterocycles. The average molecular weight is 234 g/mol. The predicted octanol–water partition coefficient (Wildman–Crippen LogP) is 5.92. The molecular weight excluding hydrogens is 204 g/mol. The van der Waals surface area contributed by atoms with Crippen molar-refractivity contribution in [2.75, 3.05) is 0 Å². The second-order valence-corrected chi connectivity index (χ2v) is 5.72. The first kappa shape index (κ1) is 16.2. The van der Waals surface area contributed by atoms with Crippen LogP contribution in [0.15, 0.2) is 36.5 Å². The van der Waals surface area contributed by atoms with Crippen LogP contribution in [0.5, 0.6) is 0 Å². The summed E-state index contributed by atoms with van der Waals surface area (Å²) in [6.45, 7) is 16.8. The normalized spacial score (nSPS) is 13.8. The smallest absolute Gasteiger partial charge is 0.0227 e. The van der Waals surface area contributed by atoms with Crippen molar-refractivity contribution in [2.45, 2.75) is 59.8 Å². The van der Waals surface area contributed by atoms with Crippen LogP contribution in [0.4, 0.5) is 0 Å². The monoisotopic (exact) mass is 234 g/mol. The van der Waals surface area contributed by atoms with Crippen molar-refractivity contribution in [1.29, 1.82) is 0 Å². The molecule has 0 aliphatic heterocycles. The van der Waals surface area contributed by atoms with Crippen LogP contribution in [0.3, 0.4) is 0 Å². The second kappa shape index (κ2) is 9.27. The van der Waals surface area contributed by atoms with Crippen LogP contribution in [0.1, 0.15) is 59.8 Å². The highest BCUT2D eigenvalue weighted by atomic mass is 14.1. The van der Waals surface area contributed by atoms with Crippen LogP contribution in [0, 0.1) is 11.8 Å². The van der Waals surface area contributed by atoms with Gasteiger partial charge in [-0.25, -0.2) is 0 Å². The number of hydrogen-bond donors (Lipinski definition) is 0. The SMILES string of the molecule is C=CC(C)CC(=CCC(C)C)CCCC(=C)C. The Balaban J connectivity index is 4.24. The summed E-state index contributed by atoms with van der Waals surface area (Å²) in [5.41, 5.74) is 2.90. The molecule has 0 aliphatic rings. The van der Waals surface area contributed by atoms with Gasteiger partial charge in [-0.2, -0.15) is 0 Å². The Bertz CT molecular complexity index is 255. The fraction of sp³-hybridized carbons (Fsp3) is 0.647. The van der Waals surface area contributed by atoms with Gasteiger partial charge in [-0.1, -0.05) is 44.1 Å². The Morgan fingerprint density at radius 3 is 2.29 bits per heavy atom. The van der Waals surface area contributed by atoms with E-state index >= 15 is 0 Å². The molecule has 0 nitrogen and oxygen atoms in total. The minimum atomic E-state index is 0.596. The number of hydrogen-bond acceptors (Lipinski definition) is 0. The van der Waals surface area contributed by atoms with E-state index < -0.39 is 0 Å². The molecule has 0 aromatic carbocycles. The summed E-state index contributed by atoms with van der Waals surface area (Å²) in [5, 5.41) is 0. The van der Waals surface area contributed by atoms with Gasteiger partial charge >= 0.3 is 0 Å². The highest BCUT2D eigenvalue weighted by molar-refractivity contribution is 5.06. The zero-order valence-corrected chi connectivity index (χ0v) is 12.3. The van der Waals surface area contributed by atoms with Crippen LogP contribution >= 0.6 is 0 Å². The second-order valence-electron chi connectivity index (χ2n) is 5.72. The van der Waals surface area contributed by atoms with Gasteiger partial charge in [-0.05, 0) is 50.9 Å². The lowest BCUT2D eigenvalue weighted by molar-refractivity contribution is 0.634. The summed E-state index contributed by atoms with van der Waals surface area (Å²) < 4.78 is 0. The summed E-state index contributed by atoms with van der Waals surface area (Å²) in [6, 6.07) is 0. The molecule has 0 aliphatic carbocycles. The molecular formula is C17H30. The Labute approximate surface area is 109 Å². The third kappa shape index (κ3) is 10.1. The molecule has 1 atom stereocenters. The maximum absolute atomic E-state index is 3.97. The highest BCUT2D eigenvalue weighted by Gasteiger charge is 2.03. The van der Waals surface area contributed by atoms with E-state index in [1.807, 2.05) is 0 Å². The van der Waals surface area contributed by atoms with Gasteiger partial charge in [-0.15, -0.1) is 13.2 Å². The van der Waals surface area contributed by atoms with E-state index in [1.54, 1.807) is 5.57 Å². The van der Waals surface area contributed by atoms with Gasteiger partial charge in [0.05, 0.1) is 0 Å². The molecule has 1 unspecified atom stereocenters. The summed E-state index contributed by atoms with van der Waals surface area (Å²) >= 11 is 0. The molecule has 0 N–H and O–H groups in total. The van der Waals surface area contributed by atoms with Crippen molar-refractivity contribution in [3.8, 4) is 0 Å². The van der Waals surface area contributed by atoms with Crippen molar-refractivity contribution < 1.29 is 0 Å². The highest BCUT2D eigenvalue weighted by Crippen LogP contribution is 2.21. The van der Waals surface area contributed by atoms with Gasteiger partial charge in [0.15, 0.2) is 0 Å². The Kier molecular flexibility index (Phi) is 8.85. The molecule has 0 bridgehead atoms. The standard InChI is InChI=1S/C17H30/c1-7-16(6)13-17(12-11-15(4)5)10-8-9-14(2)3/h7,12,15-16H,1-2,8-11,13H2,3-6H3. The van der Waals surface area contributed by atoms with E-state index in [1.165, 1.54) is 31.3 Å². The van der Waals surface area contributed by atoms with E-state index in [0.717, 1.165) is 12.3 Å². The van der Waals surface area contributed by atoms with Crippen LogP contribution in [-0.2, 0) is 0 Å². The zero-order valence-electron chi connectivity index (χ0n) is 12.3. The third-order valence-corrected chi connectivity index (χ3v) is 2.97. The molecule has 17 heavy (non-hydrogen) atoms. The first-order valence-corrected chi connectivity index (χ1v) is 6.90. The zero-order chi connectivity index (χ0) is 13.3. The largest absolute Gasteiger partial charge is 0.103 e. The van der Waals surface area contributed by atoms with E-state index in [0.29, 0.717) is 5.92 Å². The quantitative estimate of drug-likeness (QED) is 0.434. The van der Waals surface area contributed by atoms with Crippen molar-refractivity contribution in [2.24, 2.45) is 11.8 Å². The summed E-state index contributed by atoms with van der Waals surface area (Å²) in [5.74, 6) is 1.35. The molecule has 0 spiro atoms. The number of allylic oxidation sites excluding steroid dienone is 4. The molecule has 0 saturated heterocycles. The fourth-order valence-electron chi connectivity index (χ4n) is 1.80. The Hall–Kier alpha value is -0.780. The maximum atomic E-state index is 3.97. The first-order valence-electron chi connectivity index (χ1n) is 6.90. The van der Waals surface area contributed by atoms with Gasteiger partial charge in [0.2, 0.25) is 0 Å². The first-order chi connectivity index (χ1) is 7.95. The van der Waals surface area contributed by atoms with E-state index in [9.17, 15) is 0 Å². The van der Waals surface area contributed by atoms with E-state index in [-0.39, 0.29) is 0 Å². The molecule has 0 heterocycles. The summed E-state index contributed by atoms with van der Waals surface area (Å²) in [4.78, 5) is 0. The fourth-order valence-corrected chi connectivity index (χ4v) is 1.80. The predicted molar refractivity (Wildman–Crippen MR) is 80.2 cm³/mol. The van der Waals surface area contributed by atoms with Crippen LogP contribution in [0.2, 0.25) is 0 Å². The number of rotatable bonds is 9. The Morgan fingerprint density at radius 2 is 1.82 bits per heavy atom. The molecule has 0 radical (unpaired) electrons. The van der Waals surface area contributed by atoms with Crippen LogP contribution in [-0.4, -0.2) is 0 Å². The van der Waals surface area contributed by atoms with E-state index in [4.69, 9.17) is 0 Å². The molecule has 98 valence electrons. The molecule has 0 heteroatoms. The van der Waals surface area contributed by atoms with Gasteiger partial charge in [0, 0.05) is 0 Å². The topological polar surface area (TPSA) is 0 Å². The lowest BCUT2D eigenvalue weighted by atomic mass is 9.94. The van der Waals surface area contributed by atoms with Gasteiger partial charge in [0.25, 0.3) is 0 Å². The maximum Gasteiger partial charge on any atom is -0.0227 e. The third-order valence-electron chi connectivity index (χ3n) is 2.97. The average Bonchev–Trinajstić information content (AvgIpc) is 2.24.